The summed E-state index contributed by atoms with van der Waals surface area (Å²) in [7, 11) is -4.41. The molecule has 1 aromatic carbocycles. The maximum absolute atomic E-state index is 13.3. The van der Waals surface area contributed by atoms with E-state index in [1.165, 1.54) is 6.07 Å². The van der Waals surface area contributed by atoms with E-state index in [-0.39, 0.29) is 12.8 Å². The molecule has 6 nitrogen and oxygen atoms in total. The number of alkyl halides is 6. The Labute approximate surface area is 213 Å². The fourth-order valence-corrected chi connectivity index (χ4v) is 6.06. The summed E-state index contributed by atoms with van der Waals surface area (Å²) in [5.41, 5.74) is -5.14. The number of hydrogen-bond donors (Lipinski definition) is 2. The monoisotopic (exact) mass is 558 g/mol. The molecule has 0 radical (unpaired) electrons. The topological polar surface area (TPSA) is 107 Å². The van der Waals surface area contributed by atoms with Gasteiger partial charge in [0.25, 0.3) is 5.91 Å². The molecule has 0 aliphatic carbocycles. The summed E-state index contributed by atoms with van der Waals surface area (Å²) in [6.45, 7) is 2.88. The Balaban J connectivity index is 3.18. The number of rotatable bonds is 14. The molecule has 0 spiro atoms. The van der Waals surface area contributed by atoms with Crippen molar-refractivity contribution in [3.63, 3.8) is 0 Å². The lowest BCUT2D eigenvalue weighted by Crippen LogP contribution is -2.53. The number of benzene rings is 1. The minimum absolute atomic E-state index is 0.220. The van der Waals surface area contributed by atoms with E-state index in [1.54, 1.807) is 0 Å². The maximum Gasteiger partial charge on any atom is 0.417 e. The highest BCUT2D eigenvalue weighted by Gasteiger charge is 2.46. The van der Waals surface area contributed by atoms with Crippen LogP contribution < -0.4 is 5.32 Å². The van der Waals surface area contributed by atoms with Crippen molar-refractivity contribution in [3.8, 4) is 6.07 Å². The molecule has 2 atom stereocenters. The zero-order valence-corrected chi connectivity index (χ0v) is 21.5. The van der Waals surface area contributed by atoms with Crippen molar-refractivity contribution in [1.82, 2.24) is 0 Å². The smallest absolute Gasteiger partial charge is 0.379 e. The summed E-state index contributed by atoms with van der Waals surface area (Å²) in [5, 5.41) is 20.2. The molecule has 1 unspecified atom stereocenters. The number of sulfone groups is 1. The third-order valence-electron chi connectivity index (χ3n) is 5.93. The van der Waals surface area contributed by atoms with E-state index in [9.17, 15) is 44.7 Å². The molecule has 13 heteroatoms. The fraction of sp³-hybridized carbons (Fsp3) is 0.667. The predicted molar refractivity (Wildman–Crippen MR) is 126 cm³/mol. The van der Waals surface area contributed by atoms with Gasteiger partial charge in [0.2, 0.25) is 0 Å². The van der Waals surface area contributed by atoms with Crippen molar-refractivity contribution < 1.29 is 44.7 Å². The first kappa shape index (κ1) is 32.7. The molecule has 1 aromatic rings. The highest BCUT2D eigenvalue weighted by Crippen LogP contribution is 2.34. The zero-order valence-electron chi connectivity index (χ0n) is 20.7. The Morgan fingerprint density at radius 2 is 1.65 bits per heavy atom. The molecular formula is C24H32F6N2O4S. The van der Waals surface area contributed by atoms with Crippen LogP contribution in [0.25, 0.3) is 0 Å². The van der Waals surface area contributed by atoms with Crippen LogP contribution >= 0.6 is 0 Å². The number of nitriles is 1. The van der Waals surface area contributed by atoms with E-state index in [1.807, 2.05) is 6.92 Å². The molecule has 2 N–H and O–H groups in total. The molecule has 0 aromatic heterocycles. The summed E-state index contributed by atoms with van der Waals surface area (Å²) in [4.78, 5) is 12.9. The van der Waals surface area contributed by atoms with Crippen molar-refractivity contribution in [1.29, 1.82) is 5.26 Å². The van der Waals surface area contributed by atoms with Gasteiger partial charge in [-0.2, -0.15) is 31.6 Å². The molecule has 0 fully saturated rings. The lowest BCUT2D eigenvalue weighted by molar-refractivity contribution is -0.138. The van der Waals surface area contributed by atoms with E-state index >= 15 is 0 Å². The van der Waals surface area contributed by atoms with Crippen molar-refractivity contribution in [3.05, 3.63) is 29.3 Å². The highest BCUT2D eigenvalue weighted by atomic mass is 32.2. The number of hydrogen-bond acceptors (Lipinski definition) is 5. The average Bonchev–Trinajstić information content (AvgIpc) is 2.76. The second kappa shape index (κ2) is 13.5. The van der Waals surface area contributed by atoms with Gasteiger partial charge >= 0.3 is 12.4 Å². The first-order valence-electron chi connectivity index (χ1n) is 11.9. The van der Waals surface area contributed by atoms with Gasteiger partial charge in [-0.15, -0.1) is 0 Å². The van der Waals surface area contributed by atoms with Gasteiger partial charge in [0.05, 0.1) is 28.2 Å². The number of halogens is 6. The molecule has 0 aliphatic heterocycles. The van der Waals surface area contributed by atoms with Gasteiger partial charge in [-0.1, -0.05) is 45.4 Å². The number of aliphatic hydroxyl groups is 1. The Hall–Kier alpha value is -2.33. The van der Waals surface area contributed by atoms with Crippen molar-refractivity contribution in [2.75, 3.05) is 11.1 Å². The molecule has 1 amide bonds. The Kier molecular flexibility index (Phi) is 11.9. The first-order valence-corrected chi connectivity index (χ1v) is 13.6. The minimum Gasteiger partial charge on any atom is -0.379 e. The number of unbranched alkanes of at least 4 members (excludes halogenated alkanes) is 5. The van der Waals surface area contributed by atoms with E-state index < -0.39 is 74.4 Å². The quantitative estimate of drug-likeness (QED) is 0.211. The van der Waals surface area contributed by atoms with Crippen LogP contribution in [0.2, 0.25) is 0 Å². The maximum atomic E-state index is 13.3. The Morgan fingerprint density at radius 1 is 1.05 bits per heavy atom. The largest absolute Gasteiger partial charge is 0.417 e. The van der Waals surface area contributed by atoms with Crippen LogP contribution in [-0.2, 0) is 20.8 Å². The first-order chi connectivity index (χ1) is 17.0. The molecule has 37 heavy (non-hydrogen) atoms. The van der Waals surface area contributed by atoms with E-state index in [0.29, 0.717) is 12.5 Å². The van der Waals surface area contributed by atoms with E-state index in [4.69, 9.17) is 5.26 Å². The van der Waals surface area contributed by atoms with Gasteiger partial charge in [0, 0.05) is 12.1 Å². The van der Waals surface area contributed by atoms with E-state index in [2.05, 4.69) is 5.32 Å². The van der Waals surface area contributed by atoms with Crippen molar-refractivity contribution in [2.24, 2.45) is 0 Å². The van der Waals surface area contributed by atoms with E-state index in [0.717, 1.165) is 44.7 Å². The van der Waals surface area contributed by atoms with Crippen LogP contribution in [0.4, 0.5) is 32.0 Å². The summed E-state index contributed by atoms with van der Waals surface area (Å²) in [5.74, 6) is -2.26. The summed E-state index contributed by atoms with van der Waals surface area (Å²) in [6, 6.07) is 3.66. The SMILES string of the molecule is CCCCCCCCC([C@@](C)(O)C(=O)Nc1ccc(C#N)c(C(F)(F)F)c1)S(=O)(=O)CCCC(F)(F)F. The van der Waals surface area contributed by atoms with Gasteiger partial charge in [0.15, 0.2) is 15.4 Å². The standard InChI is InChI=1S/C24H32F6N2O4S/c1-3-4-5-6-7-8-10-20(37(35,36)14-9-13-23(25,26)27)22(2,34)21(33)32-18-12-11-17(16-31)19(15-18)24(28,29)30/h11-12,15,20,34H,3-10,13-14H2,1-2H3,(H,32,33)/t20?,22-/m1/s1. The van der Waals surface area contributed by atoms with Gasteiger partial charge in [-0.05, 0) is 38.0 Å². The van der Waals surface area contributed by atoms with Crippen LogP contribution in [0.5, 0.6) is 0 Å². The fourth-order valence-electron chi connectivity index (χ4n) is 3.89. The van der Waals surface area contributed by atoms with Gasteiger partial charge in [-0.25, -0.2) is 8.42 Å². The zero-order chi connectivity index (χ0) is 28.5. The molecule has 0 bridgehead atoms. The Morgan fingerprint density at radius 3 is 2.19 bits per heavy atom. The number of carbonyl (C=O) groups is 1. The number of nitrogens with one attached hydrogen (secondary N) is 1. The number of anilines is 1. The number of amides is 1. The molecule has 0 heterocycles. The van der Waals surface area contributed by atoms with Crippen LogP contribution in [0.15, 0.2) is 18.2 Å². The number of carbonyl (C=O) groups excluding carboxylic acids is 1. The lowest BCUT2D eigenvalue weighted by Gasteiger charge is -2.31. The second-order valence-electron chi connectivity index (χ2n) is 9.10. The van der Waals surface area contributed by atoms with Gasteiger partial charge < -0.3 is 10.4 Å². The molecule has 0 aliphatic rings. The highest BCUT2D eigenvalue weighted by molar-refractivity contribution is 7.92. The third-order valence-corrected chi connectivity index (χ3v) is 8.35. The summed E-state index contributed by atoms with van der Waals surface area (Å²) < 4.78 is 103. The van der Waals surface area contributed by atoms with Gasteiger partial charge in [0.1, 0.15) is 0 Å². The summed E-state index contributed by atoms with van der Waals surface area (Å²) in [6.07, 6.45) is -7.45. The van der Waals surface area contributed by atoms with Crippen LogP contribution in [0.1, 0.15) is 82.8 Å². The van der Waals surface area contributed by atoms with Crippen LogP contribution in [0.3, 0.4) is 0 Å². The summed E-state index contributed by atoms with van der Waals surface area (Å²) >= 11 is 0. The average molecular weight is 559 g/mol. The molecule has 0 saturated carbocycles. The molecule has 0 saturated heterocycles. The normalized spacial score (nSPS) is 15.0. The van der Waals surface area contributed by atoms with Crippen molar-refractivity contribution >= 4 is 21.4 Å². The molecule has 210 valence electrons. The second-order valence-corrected chi connectivity index (χ2v) is 11.4. The lowest BCUT2D eigenvalue weighted by atomic mass is 9.95. The van der Waals surface area contributed by atoms with Crippen molar-refractivity contribution in [2.45, 2.75) is 94.8 Å². The Bertz CT molecular complexity index is 1050. The van der Waals surface area contributed by atoms with Crippen LogP contribution in [-0.4, -0.2) is 42.2 Å². The van der Waals surface area contributed by atoms with Gasteiger partial charge in [-0.3, -0.25) is 4.79 Å². The predicted octanol–water partition coefficient (Wildman–Crippen LogP) is 6.14. The molecular weight excluding hydrogens is 526 g/mol. The van der Waals surface area contributed by atoms with Crippen LogP contribution in [0, 0.1) is 11.3 Å². The molecule has 1 rings (SSSR count). The number of nitrogens with zero attached hydrogens (tertiary/aromatic N) is 1. The third kappa shape index (κ3) is 10.5. The minimum atomic E-state index is -4.92.